The van der Waals surface area contributed by atoms with Gasteiger partial charge in [0.05, 0.1) is 0 Å². The number of methoxy groups -OCH3 is 3. The van der Waals surface area contributed by atoms with Gasteiger partial charge in [-0.1, -0.05) is 0 Å². The summed E-state index contributed by atoms with van der Waals surface area (Å²) < 4.78 is 14.9. The second-order valence-electron chi connectivity index (χ2n) is 2.39. The summed E-state index contributed by atoms with van der Waals surface area (Å²) in [5.74, 6) is 0. The average Bonchev–Trinajstić information content (AvgIpc) is 2.05. The van der Waals surface area contributed by atoms with E-state index in [9.17, 15) is 0 Å². The first-order valence-corrected chi connectivity index (χ1v) is 3.89. The molecule has 0 fully saturated rings. The fourth-order valence-electron chi connectivity index (χ4n) is 0.889. The zero-order valence-electron chi connectivity index (χ0n) is 7.63. The van der Waals surface area contributed by atoms with Crippen LogP contribution in [-0.4, -0.2) is 34.2 Å². The Bertz CT molecular complexity index is 71.7. The molecule has 0 aliphatic heterocycles. The summed E-state index contributed by atoms with van der Waals surface area (Å²) in [6.45, 7) is 0.820. The highest BCUT2D eigenvalue weighted by Crippen LogP contribution is 2.04. The van der Waals surface area contributed by atoms with E-state index >= 15 is 0 Å². The molecule has 0 bridgehead atoms. The van der Waals surface area contributed by atoms with Crippen molar-refractivity contribution in [1.29, 1.82) is 0 Å². The minimum Gasteiger partial charge on any atom is -0.385 e. The Morgan fingerprint density at radius 1 is 1.00 bits per heavy atom. The van der Waals surface area contributed by atoms with Gasteiger partial charge in [0, 0.05) is 27.9 Å². The Labute approximate surface area is 68.6 Å². The Kier molecular flexibility index (Phi) is 7.89. The Morgan fingerprint density at radius 3 is 2.09 bits per heavy atom. The van der Waals surface area contributed by atoms with E-state index in [0.29, 0.717) is 0 Å². The van der Waals surface area contributed by atoms with Crippen LogP contribution < -0.4 is 0 Å². The van der Waals surface area contributed by atoms with Crippen LogP contribution in [0.4, 0.5) is 0 Å². The number of unbranched alkanes of at least 4 members (excludes halogenated alkanes) is 1. The lowest BCUT2D eigenvalue weighted by Gasteiger charge is -2.12. The van der Waals surface area contributed by atoms with Crippen LogP contribution in [-0.2, 0) is 14.2 Å². The summed E-state index contributed by atoms with van der Waals surface area (Å²) in [6.07, 6.45) is 3.04. The topological polar surface area (TPSA) is 27.7 Å². The van der Waals surface area contributed by atoms with Gasteiger partial charge in [-0.25, -0.2) is 0 Å². The van der Waals surface area contributed by atoms with Crippen LogP contribution in [0.15, 0.2) is 0 Å². The van der Waals surface area contributed by atoms with Gasteiger partial charge < -0.3 is 14.2 Å². The lowest BCUT2D eigenvalue weighted by molar-refractivity contribution is -0.107. The normalized spacial score (nSPS) is 10.9. The minimum absolute atomic E-state index is 0.0492. The van der Waals surface area contributed by atoms with Crippen molar-refractivity contribution < 1.29 is 14.2 Å². The number of ether oxygens (including phenoxy) is 3. The highest BCUT2D eigenvalue weighted by atomic mass is 16.7. The van der Waals surface area contributed by atoms with Crippen molar-refractivity contribution in [3.63, 3.8) is 0 Å². The Hall–Kier alpha value is -0.120. The quantitative estimate of drug-likeness (QED) is 0.418. The molecule has 0 aromatic carbocycles. The van der Waals surface area contributed by atoms with Crippen molar-refractivity contribution >= 4 is 0 Å². The number of hydrogen-bond donors (Lipinski definition) is 0. The monoisotopic (exact) mass is 162 g/mol. The van der Waals surface area contributed by atoms with Crippen LogP contribution >= 0.6 is 0 Å². The molecule has 3 nitrogen and oxygen atoms in total. The van der Waals surface area contributed by atoms with E-state index in [1.54, 1.807) is 21.3 Å². The van der Waals surface area contributed by atoms with Gasteiger partial charge >= 0.3 is 0 Å². The first kappa shape index (κ1) is 10.9. The number of hydrogen-bond acceptors (Lipinski definition) is 3. The van der Waals surface area contributed by atoms with E-state index in [1.165, 1.54) is 0 Å². The molecule has 68 valence electrons. The Morgan fingerprint density at radius 2 is 1.64 bits per heavy atom. The highest BCUT2D eigenvalue weighted by molar-refractivity contribution is 4.44. The summed E-state index contributed by atoms with van der Waals surface area (Å²) in [7, 11) is 5.03. The molecule has 0 aromatic heterocycles. The first-order valence-electron chi connectivity index (χ1n) is 3.89. The minimum atomic E-state index is -0.0492. The fourth-order valence-corrected chi connectivity index (χ4v) is 0.889. The van der Waals surface area contributed by atoms with E-state index in [0.717, 1.165) is 25.9 Å². The van der Waals surface area contributed by atoms with Gasteiger partial charge in [0.2, 0.25) is 0 Å². The van der Waals surface area contributed by atoms with Crippen molar-refractivity contribution in [3.8, 4) is 0 Å². The molecule has 0 saturated heterocycles. The Balaban J connectivity index is 3.07. The first-order chi connectivity index (χ1) is 5.35. The van der Waals surface area contributed by atoms with Crippen molar-refractivity contribution in [2.45, 2.75) is 25.6 Å². The largest absolute Gasteiger partial charge is 0.385 e. The predicted octanol–water partition coefficient (Wildman–Crippen LogP) is 1.42. The zero-order chi connectivity index (χ0) is 8.53. The SMILES string of the molecule is COCCCCC(OC)OC. The molecule has 0 spiro atoms. The second kappa shape index (κ2) is 7.98. The fraction of sp³-hybridized carbons (Fsp3) is 1.00. The van der Waals surface area contributed by atoms with Crippen LogP contribution in [0, 0.1) is 0 Å². The third kappa shape index (κ3) is 6.28. The predicted molar refractivity (Wildman–Crippen MR) is 43.5 cm³/mol. The van der Waals surface area contributed by atoms with Crippen LogP contribution in [0.1, 0.15) is 19.3 Å². The van der Waals surface area contributed by atoms with E-state index in [4.69, 9.17) is 14.2 Å². The highest BCUT2D eigenvalue weighted by Gasteiger charge is 2.02. The van der Waals surface area contributed by atoms with Crippen molar-refractivity contribution in [1.82, 2.24) is 0 Å². The summed E-state index contributed by atoms with van der Waals surface area (Å²) in [4.78, 5) is 0. The molecule has 0 heterocycles. The van der Waals surface area contributed by atoms with E-state index in [2.05, 4.69) is 0 Å². The third-order valence-corrected chi connectivity index (χ3v) is 1.56. The van der Waals surface area contributed by atoms with Gasteiger partial charge in [0.15, 0.2) is 6.29 Å². The van der Waals surface area contributed by atoms with Crippen LogP contribution in [0.2, 0.25) is 0 Å². The number of rotatable bonds is 7. The van der Waals surface area contributed by atoms with Gasteiger partial charge in [0.1, 0.15) is 0 Å². The molecule has 11 heavy (non-hydrogen) atoms. The van der Waals surface area contributed by atoms with Crippen molar-refractivity contribution in [3.05, 3.63) is 0 Å². The maximum absolute atomic E-state index is 5.02. The van der Waals surface area contributed by atoms with Crippen molar-refractivity contribution in [2.75, 3.05) is 27.9 Å². The van der Waals surface area contributed by atoms with E-state index in [-0.39, 0.29) is 6.29 Å². The third-order valence-electron chi connectivity index (χ3n) is 1.56. The molecule has 0 amide bonds. The molecule has 0 N–H and O–H groups in total. The molecule has 0 radical (unpaired) electrons. The molecule has 0 rings (SSSR count). The summed E-state index contributed by atoms with van der Waals surface area (Å²) >= 11 is 0. The van der Waals surface area contributed by atoms with Gasteiger partial charge in [-0.05, 0) is 19.3 Å². The summed E-state index contributed by atoms with van der Waals surface area (Å²) in [6, 6.07) is 0. The molecule has 0 aliphatic carbocycles. The maximum atomic E-state index is 5.02. The molecule has 0 saturated carbocycles. The average molecular weight is 162 g/mol. The molecule has 0 aromatic rings. The van der Waals surface area contributed by atoms with Gasteiger partial charge in [-0.2, -0.15) is 0 Å². The van der Waals surface area contributed by atoms with Crippen molar-refractivity contribution in [2.24, 2.45) is 0 Å². The smallest absolute Gasteiger partial charge is 0.156 e. The molecular weight excluding hydrogens is 144 g/mol. The molecule has 0 aliphatic rings. The van der Waals surface area contributed by atoms with E-state index < -0.39 is 0 Å². The summed E-state index contributed by atoms with van der Waals surface area (Å²) in [5, 5.41) is 0. The van der Waals surface area contributed by atoms with Crippen LogP contribution in [0.3, 0.4) is 0 Å². The molecule has 0 unspecified atom stereocenters. The molecule has 3 heteroatoms. The lowest BCUT2D eigenvalue weighted by atomic mass is 10.2. The standard InChI is InChI=1S/C8H18O3/c1-9-7-5-4-6-8(10-2)11-3/h8H,4-7H2,1-3H3. The molecule has 0 atom stereocenters. The lowest BCUT2D eigenvalue weighted by Crippen LogP contribution is -2.12. The van der Waals surface area contributed by atoms with E-state index in [1.807, 2.05) is 0 Å². The summed E-state index contributed by atoms with van der Waals surface area (Å²) in [5.41, 5.74) is 0. The van der Waals surface area contributed by atoms with Crippen LogP contribution in [0.25, 0.3) is 0 Å². The maximum Gasteiger partial charge on any atom is 0.156 e. The van der Waals surface area contributed by atoms with Gasteiger partial charge in [-0.15, -0.1) is 0 Å². The molecular formula is C8H18O3. The zero-order valence-corrected chi connectivity index (χ0v) is 7.63. The van der Waals surface area contributed by atoms with Crippen LogP contribution in [0.5, 0.6) is 0 Å². The van der Waals surface area contributed by atoms with Gasteiger partial charge in [-0.3, -0.25) is 0 Å². The van der Waals surface area contributed by atoms with Gasteiger partial charge in [0.25, 0.3) is 0 Å². The second-order valence-corrected chi connectivity index (χ2v) is 2.39.